The van der Waals surface area contributed by atoms with Crippen LogP contribution in [0.25, 0.3) is 0 Å². The van der Waals surface area contributed by atoms with Crippen LogP contribution in [0, 0.1) is 13.8 Å². The summed E-state index contributed by atoms with van der Waals surface area (Å²) in [5, 5.41) is 3.99. The van der Waals surface area contributed by atoms with Crippen molar-refractivity contribution in [2.24, 2.45) is 0 Å². The highest BCUT2D eigenvalue weighted by Gasteiger charge is 2.36. The number of benzene rings is 4. The van der Waals surface area contributed by atoms with E-state index in [1.165, 1.54) is 17.0 Å². The van der Waals surface area contributed by atoms with Crippen LogP contribution < -0.4 is 9.62 Å². The minimum atomic E-state index is -4.25. The van der Waals surface area contributed by atoms with Crippen LogP contribution in [0.3, 0.4) is 0 Å². The lowest BCUT2D eigenvalue weighted by atomic mass is 9.94. The van der Waals surface area contributed by atoms with Crippen LogP contribution >= 0.6 is 23.2 Å². The van der Waals surface area contributed by atoms with Gasteiger partial charge < -0.3 is 10.2 Å². The summed E-state index contributed by atoms with van der Waals surface area (Å²) < 4.78 is 29.8. The van der Waals surface area contributed by atoms with E-state index in [-0.39, 0.29) is 35.5 Å². The fourth-order valence-corrected chi connectivity index (χ4v) is 7.94. The van der Waals surface area contributed by atoms with E-state index in [2.05, 4.69) is 5.32 Å². The third-order valence-electron chi connectivity index (χ3n) is 8.85. The summed E-state index contributed by atoms with van der Waals surface area (Å²) in [5.41, 5.74) is 3.31. The van der Waals surface area contributed by atoms with Gasteiger partial charge in [0, 0.05) is 29.1 Å². The lowest BCUT2D eigenvalue weighted by molar-refractivity contribution is -0.140. The zero-order chi connectivity index (χ0) is 34.3. The van der Waals surface area contributed by atoms with E-state index in [1.54, 1.807) is 49.4 Å². The Hall–Kier alpha value is -3.85. The summed E-state index contributed by atoms with van der Waals surface area (Å²) in [6, 6.07) is 27.2. The van der Waals surface area contributed by atoms with E-state index >= 15 is 0 Å². The van der Waals surface area contributed by atoms with Crippen LogP contribution in [0.4, 0.5) is 5.69 Å². The van der Waals surface area contributed by atoms with E-state index in [1.807, 2.05) is 49.4 Å². The van der Waals surface area contributed by atoms with Crippen molar-refractivity contribution in [2.75, 3.05) is 10.8 Å². The molecule has 1 fully saturated rings. The van der Waals surface area contributed by atoms with Gasteiger partial charge in [-0.05, 0) is 73.7 Å². The second-order valence-electron chi connectivity index (χ2n) is 12.4. The third-order valence-corrected chi connectivity index (χ3v) is 11.2. The second kappa shape index (κ2) is 16.0. The van der Waals surface area contributed by atoms with Crippen LogP contribution in [0.15, 0.2) is 102 Å². The molecule has 0 unspecified atom stereocenters. The van der Waals surface area contributed by atoms with Gasteiger partial charge in [-0.2, -0.15) is 0 Å². The van der Waals surface area contributed by atoms with Gasteiger partial charge in [-0.1, -0.05) is 115 Å². The summed E-state index contributed by atoms with van der Waals surface area (Å²) in [6.45, 7) is 3.08. The number of nitrogens with one attached hydrogen (secondary N) is 1. The van der Waals surface area contributed by atoms with Crippen LogP contribution in [0.2, 0.25) is 10.0 Å². The molecule has 1 aliphatic carbocycles. The van der Waals surface area contributed by atoms with Crippen LogP contribution in [0.1, 0.15) is 54.4 Å². The number of rotatable bonds is 12. The summed E-state index contributed by atoms with van der Waals surface area (Å²) in [5.74, 6) is -0.831. The number of anilines is 1. The number of hydrogen-bond acceptors (Lipinski definition) is 4. The van der Waals surface area contributed by atoms with E-state index < -0.39 is 28.5 Å². The van der Waals surface area contributed by atoms with Gasteiger partial charge in [-0.15, -0.1) is 0 Å². The molecule has 4 aromatic carbocycles. The maximum absolute atomic E-state index is 14.8. The Kier molecular flexibility index (Phi) is 11.8. The standard InChI is InChI=1S/C38H41Cl2N3O4S/c1-27-17-21-33(22-18-27)48(46,47)43(35-24-31(39)20-19-28(35)2)26-37(44)42(25-30-13-9-10-16-34(30)40)36(23-29-11-5-3-6-12-29)38(45)41-32-14-7-4-8-15-32/h3,5-6,9-13,16-22,24,32,36H,4,7-8,14-15,23,25-26H2,1-2H3,(H,41,45)/t36-/m1/s1. The molecule has 7 nitrogen and oxygen atoms in total. The number of aryl methyl sites for hydroxylation is 2. The molecule has 48 heavy (non-hydrogen) atoms. The van der Waals surface area contributed by atoms with Gasteiger partial charge in [0.05, 0.1) is 10.6 Å². The van der Waals surface area contributed by atoms with Crippen molar-refractivity contribution in [2.45, 2.75) is 75.9 Å². The highest BCUT2D eigenvalue weighted by molar-refractivity contribution is 7.92. The maximum Gasteiger partial charge on any atom is 0.264 e. The smallest absolute Gasteiger partial charge is 0.264 e. The minimum Gasteiger partial charge on any atom is -0.352 e. The van der Waals surface area contributed by atoms with Crippen molar-refractivity contribution in [3.63, 3.8) is 0 Å². The molecule has 0 bridgehead atoms. The first-order valence-corrected chi connectivity index (χ1v) is 18.5. The molecule has 10 heteroatoms. The molecule has 5 rings (SSSR count). The van der Waals surface area contributed by atoms with Gasteiger partial charge in [0.2, 0.25) is 11.8 Å². The van der Waals surface area contributed by atoms with Gasteiger partial charge in [0.1, 0.15) is 12.6 Å². The molecular weight excluding hydrogens is 665 g/mol. The summed E-state index contributed by atoms with van der Waals surface area (Å²) in [6.07, 6.45) is 5.17. The molecule has 252 valence electrons. The lowest BCUT2D eigenvalue weighted by Gasteiger charge is -2.35. The molecule has 0 spiro atoms. The van der Waals surface area contributed by atoms with Crippen molar-refractivity contribution in [3.05, 3.63) is 129 Å². The summed E-state index contributed by atoms with van der Waals surface area (Å²) in [4.78, 5) is 30.5. The van der Waals surface area contributed by atoms with Gasteiger partial charge in [0.15, 0.2) is 0 Å². The van der Waals surface area contributed by atoms with Crippen molar-refractivity contribution in [1.82, 2.24) is 10.2 Å². The largest absolute Gasteiger partial charge is 0.352 e. The minimum absolute atomic E-state index is 0.00103. The van der Waals surface area contributed by atoms with Crippen molar-refractivity contribution < 1.29 is 18.0 Å². The first-order valence-electron chi connectivity index (χ1n) is 16.3. The molecular formula is C38H41Cl2N3O4S. The topological polar surface area (TPSA) is 86.8 Å². The fourth-order valence-electron chi connectivity index (χ4n) is 6.11. The fraction of sp³-hybridized carbons (Fsp3) is 0.316. The first kappa shape index (κ1) is 35.5. The number of hydrogen-bond donors (Lipinski definition) is 1. The summed E-state index contributed by atoms with van der Waals surface area (Å²) >= 11 is 13.0. The Morgan fingerprint density at radius 3 is 2.21 bits per heavy atom. The predicted molar refractivity (Wildman–Crippen MR) is 193 cm³/mol. The number of halogens is 2. The first-order chi connectivity index (χ1) is 23.0. The molecule has 1 N–H and O–H groups in total. The number of carbonyl (C=O) groups is 2. The number of amides is 2. The Morgan fingerprint density at radius 1 is 0.854 bits per heavy atom. The summed E-state index contributed by atoms with van der Waals surface area (Å²) in [7, 11) is -4.25. The van der Waals surface area contributed by atoms with E-state index in [9.17, 15) is 18.0 Å². The second-order valence-corrected chi connectivity index (χ2v) is 15.1. The molecule has 0 radical (unpaired) electrons. The van der Waals surface area contributed by atoms with E-state index in [0.717, 1.165) is 47.5 Å². The van der Waals surface area contributed by atoms with Gasteiger partial charge in [0.25, 0.3) is 10.0 Å². The number of sulfonamides is 1. The normalized spacial score (nSPS) is 14.2. The SMILES string of the molecule is Cc1ccc(S(=O)(=O)N(CC(=O)N(Cc2ccccc2Cl)[C@H](Cc2ccccc2)C(=O)NC2CCCCC2)c2cc(Cl)ccc2C)cc1. The maximum atomic E-state index is 14.8. The molecule has 1 saturated carbocycles. The van der Waals surface area contributed by atoms with Crippen LogP contribution in [-0.4, -0.2) is 43.8 Å². The highest BCUT2D eigenvalue weighted by atomic mass is 35.5. The van der Waals surface area contributed by atoms with Crippen LogP contribution in [-0.2, 0) is 32.6 Å². The van der Waals surface area contributed by atoms with E-state index in [0.29, 0.717) is 21.2 Å². The lowest BCUT2D eigenvalue weighted by Crippen LogP contribution is -2.55. The molecule has 2 amide bonds. The molecule has 0 aromatic heterocycles. The molecule has 1 atom stereocenters. The van der Waals surface area contributed by atoms with Crippen LogP contribution in [0.5, 0.6) is 0 Å². The van der Waals surface area contributed by atoms with Gasteiger partial charge in [-0.25, -0.2) is 8.42 Å². The molecule has 0 saturated heterocycles. The highest BCUT2D eigenvalue weighted by Crippen LogP contribution is 2.31. The Balaban J connectivity index is 1.59. The number of nitrogens with zero attached hydrogens (tertiary/aromatic N) is 2. The van der Waals surface area contributed by atoms with E-state index in [4.69, 9.17) is 23.2 Å². The van der Waals surface area contributed by atoms with Crippen molar-refractivity contribution >= 4 is 50.7 Å². The molecule has 0 aliphatic heterocycles. The zero-order valence-electron chi connectivity index (χ0n) is 27.2. The van der Waals surface area contributed by atoms with Gasteiger partial charge in [-0.3, -0.25) is 13.9 Å². The molecule has 4 aromatic rings. The van der Waals surface area contributed by atoms with Crippen molar-refractivity contribution in [1.29, 1.82) is 0 Å². The zero-order valence-corrected chi connectivity index (χ0v) is 29.6. The monoisotopic (exact) mass is 705 g/mol. The molecule has 1 aliphatic rings. The predicted octanol–water partition coefficient (Wildman–Crippen LogP) is 7.89. The Labute approximate surface area is 293 Å². The molecule has 0 heterocycles. The average Bonchev–Trinajstić information content (AvgIpc) is 3.08. The quantitative estimate of drug-likeness (QED) is 0.162. The Bertz CT molecular complexity index is 1830. The third kappa shape index (κ3) is 8.78. The average molecular weight is 707 g/mol. The number of carbonyl (C=O) groups excluding carboxylic acids is 2. The Morgan fingerprint density at radius 2 is 1.52 bits per heavy atom. The van der Waals surface area contributed by atoms with Crippen molar-refractivity contribution in [3.8, 4) is 0 Å². The van der Waals surface area contributed by atoms with Gasteiger partial charge >= 0.3 is 0 Å².